The molecule has 6 nitrogen and oxygen atoms in total. The highest BCUT2D eigenvalue weighted by Crippen LogP contribution is 2.12. The first-order valence-electron chi connectivity index (χ1n) is 4.04. The number of carbonyl (C=O) groups excluding carboxylic acids is 1. The Balaban J connectivity index is 2.62. The first-order chi connectivity index (χ1) is 6.24. The summed E-state index contributed by atoms with van der Waals surface area (Å²) in [6.45, 7) is 1.98. The minimum absolute atomic E-state index is 0.440. The lowest BCUT2D eigenvalue weighted by atomic mass is 10.3. The fourth-order valence-corrected chi connectivity index (χ4v) is 0.992. The fourth-order valence-electron chi connectivity index (χ4n) is 0.992. The van der Waals surface area contributed by atoms with Crippen LogP contribution in [0.1, 0.15) is 26.0 Å². The number of hydrogen-bond acceptors (Lipinski definition) is 4. The fraction of sp³-hybridized carbons (Fsp3) is 0.571. The van der Waals surface area contributed by atoms with Gasteiger partial charge >= 0.3 is 6.09 Å². The number of nitrogens with two attached hydrogens (primary N) is 1. The maximum absolute atomic E-state index is 10.5. The third kappa shape index (κ3) is 2.73. The summed E-state index contributed by atoms with van der Waals surface area (Å²) in [6.07, 6.45) is 3.18. The van der Waals surface area contributed by atoms with Gasteiger partial charge in [0.05, 0.1) is 0 Å². The number of rotatable bonds is 4. The van der Waals surface area contributed by atoms with Crippen LogP contribution in [0.2, 0.25) is 0 Å². The Morgan fingerprint density at radius 2 is 2.54 bits per heavy atom. The molecule has 0 aliphatic heterocycles. The minimum atomic E-state index is -0.797. The molecule has 1 unspecified atom stereocenters. The minimum Gasteiger partial charge on any atom is -0.424 e. The van der Waals surface area contributed by atoms with Gasteiger partial charge < -0.3 is 10.5 Å². The highest BCUT2D eigenvalue weighted by Gasteiger charge is 2.13. The van der Waals surface area contributed by atoms with Crippen molar-refractivity contribution in [2.75, 3.05) is 0 Å². The first-order valence-corrected chi connectivity index (χ1v) is 4.04. The van der Waals surface area contributed by atoms with Crippen LogP contribution in [0.5, 0.6) is 0 Å². The number of amides is 1. The van der Waals surface area contributed by atoms with Gasteiger partial charge in [-0.25, -0.2) is 14.5 Å². The van der Waals surface area contributed by atoms with Crippen LogP contribution in [0.3, 0.4) is 0 Å². The topological polar surface area (TPSA) is 83.0 Å². The summed E-state index contributed by atoms with van der Waals surface area (Å²) < 4.78 is 6.30. The smallest absolute Gasteiger partial charge is 0.406 e. The lowest BCUT2D eigenvalue weighted by Gasteiger charge is -2.14. The Hall–Kier alpha value is -1.59. The summed E-state index contributed by atoms with van der Waals surface area (Å²) in [5.74, 6) is 0. The van der Waals surface area contributed by atoms with E-state index in [0.717, 1.165) is 6.42 Å². The average Bonchev–Trinajstić information content (AvgIpc) is 2.54. The molecule has 1 aromatic heterocycles. The van der Waals surface area contributed by atoms with Gasteiger partial charge in [-0.3, -0.25) is 0 Å². The molecule has 0 saturated carbocycles. The van der Waals surface area contributed by atoms with Crippen LogP contribution >= 0.6 is 0 Å². The van der Waals surface area contributed by atoms with E-state index in [1.54, 1.807) is 0 Å². The molecule has 2 N–H and O–H groups in total. The summed E-state index contributed by atoms with van der Waals surface area (Å²) in [5, 5.41) is 3.86. The third-order valence-electron chi connectivity index (χ3n) is 1.52. The van der Waals surface area contributed by atoms with Crippen molar-refractivity contribution in [3.8, 4) is 0 Å². The molecule has 0 bridgehead atoms. The van der Waals surface area contributed by atoms with Gasteiger partial charge in [-0.1, -0.05) is 13.3 Å². The molecule has 1 amide bonds. The molecule has 1 rings (SSSR count). The van der Waals surface area contributed by atoms with Crippen LogP contribution in [0, 0.1) is 0 Å². The monoisotopic (exact) mass is 184 g/mol. The third-order valence-corrected chi connectivity index (χ3v) is 1.52. The van der Waals surface area contributed by atoms with E-state index in [0.29, 0.717) is 6.42 Å². The zero-order valence-electron chi connectivity index (χ0n) is 7.38. The van der Waals surface area contributed by atoms with E-state index in [9.17, 15) is 4.79 Å². The van der Waals surface area contributed by atoms with Crippen molar-refractivity contribution < 1.29 is 9.53 Å². The Kier molecular flexibility index (Phi) is 3.24. The predicted octanol–water partition coefficient (Wildman–Crippen LogP) is 0.672. The van der Waals surface area contributed by atoms with Crippen molar-refractivity contribution in [3.05, 3.63) is 12.7 Å². The van der Waals surface area contributed by atoms with Crippen LogP contribution in [0.25, 0.3) is 0 Å². The zero-order chi connectivity index (χ0) is 9.68. The average molecular weight is 184 g/mol. The van der Waals surface area contributed by atoms with E-state index in [-0.39, 0.29) is 0 Å². The van der Waals surface area contributed by atoms with Crippen LogP contribution in [0.4, 0.5) is 4.79 Å². The van der Waals surface area contributed by atoms with Crippen LogP contribution in [-0.2, 0) is 4.74 Å². The van der Waals surface area contributed by atoms with Crippen molar-refractivity contribution >= 4 is 6.09 Å². The summed E-state index contributed by atoms with van der Waals surface area (Å²) in [6, 6.07) is 0. The van der Waals surface area contributed by atoms with Gasteiger partial charge in [-0.2, -0.15) is 5.10 Å². The molecule has 1 heterocycles. The SMILES string of the molecule is CCCC(OC(N)=O)n1cncn1. The lowest BCUT2D eigenvalue weighted by molar-refractivity contribution is 0.0472. The normalized spacial score (nSPS) is 12.4. The molecule has 0 spiro atoms. The molecule has 1 atom stereocenters. The Bertz CT molecular complexity index is 259. The van der Waals surface area contributed by atoms with Gasteiger partial charge in [0.25, 0.3) is 0 Å². The predicted molar refractivity (Wildman–Crippen MR) is 44.6 cm³/mol. The maximum atomic E-state index is 10.5. The lowest BCUT2D eigenvalue weighted by Crippen LogP contribution is -2.21. The second-order valence-corrected chi connectivity index (χ2v) is 2.56. The zero-order valence-corrected chi connectivity index (χ0v) is 7.38. The largest absolute Gasteiger partial charge is 0.424 e. The second kappa shape index (κ2) is 4.44. The van der Waals surface area contributed by atoms with Gasteiger partial charge in [-0.05, 0) is 0 Å². The molecule has 0 fully saturated rings. The molecule has 13 heavy (non-hydrogen) atoms. The number of ether oxygens (including phenoxy) is 1. The Morgan fingerprint density at radius 1 is 1.77 bits per heavy atom. The van der Waals surface area contributed by atoms with E-state index < -0.39 is 12.3 Å². The molecule has 1 aromatic rings. The van der Waals surface area contributed by atoms with E-state index in [1.165, 1.54) is 17.3 Å². The van der Waals surface area contributed by atoms with Crippen molar-refractivity contribution in [2.45, 2.75) is 26.0 Å². The van der Waals surface area contributed by atoms with Gasteiger partial charge in [0.2, 0.25) is 0 Å². The van der Waals surface area contributed by atoms with Crippen LogP contribution in [-0.4, -0.2) is 20.9 Å². The van der Waals surface area contributed by atoms with Crippen molar-refractivity contribution in [3.63, 3.8) is 0 Å². The quantitative estimate of drug-likeness (QED) is 0.745. The summed E-state index contributed by atoms with van der Waals surface area (Å²) >= 11 is 0. The molecule has 0 aliphatic rings. The summed E-state index contributed by atoms with van der Waals surface area (Å²) in [4.78, 5) is 14.3. The standard InChI is InChI=1S/C7H12N4O2/c1-2-3-6(13-7(8)12)11-5-9-4-10-11/h4-6H,2-3H2,1H3,(H2,8,12). The van der Waals surface area contributed by atoms with Gasteiger partial charge in [0.1, 0.15) is 12.7 Å². The van der Waals surface area contributed by atoms with Crippen LogP contribution < -0.4 is 5.73 Å². The summed E-state index contributed by atoms with van der Waals surface area (Å²) in [7, 11) is 0. The van der Waals surface area contributed by atoms with E-state index >= 15 is 0 Å². The first kappa shape index (κ1) is 9.50. The second-order valence-electron chi connectivity index (χ2n) is 2.56. The molecule has 72 valence electrons. The van der Waals surface area contributed by atoms with Crippen molar-refractivity contribution in [1.29, 1.82) is 0 Å². The number of aromatic nitrogens is 3. The Labute approximate surface area is 75.7 Å². The highest BCUT2D eigenvalue weighted by atomic mass is 16.6. The number of nitrogens with zero attached hydrogens (tertiary/aromatic N) is 3. The van der Waals surface area contributed by atoms with Crippen LogP contribution in [0.15, 0.2) is 12.7 Å². The van der Waals surface area contributed by atoms with Crippen molar-refractivity contribution in [2.24, 2.45) is 5.73 Å². The van der Waals surface area contributed by atoms with E-state index in [1.807, 2.05) is 6.92 Å². The number of primary amides is 1. The molecular weight excluding hydrogens is 172 g/mol. The molecule has 0 aromatic carbocycles. The molecule has 0 aliphatic carbocycles. The van der Waals surface area contributed by atoms with Gasteiger partial charge in [0, 0.05) is 6.42 Å². The molecule has 0 saturated heterocycles. The maximum Gasteiger partial charge on any atom is 0.406 e. The van der Waals surface area contributed by atoms with Gasteiger partial charge in [-0.15, -0.1) is 0 Å². The van der Waals surface area contributed by atoms with E-state index in [4.69, 9.17) is 10.5 Å². The Morgan fingerprint density at radius 3 is 3.00 bits per heavy atom. The molecule has 0 radical (unpaired) electrons. The van der Waals surface area contributed by atoms with Gasteiger partial charge in [0.15, 0.2) is 6.23 Å². The number of hydrogen-bond donors (Lipinski definition) is 1. The highest BCUT2D eigenvalue weighted by molar-refractivity contribution is 5.64. The number of carbonyl (C=O) groups is 1. The van der Waals surface area contributed by atoms with Crippen molar-refractivity contribution in [1.82, 2.24) is 14.8 Å². The molecular formula is C7H12N4O2. The summed E-state index contributed by atoms with van der Waals surface area (Å²) in [5.41, 5.74) is 4.91. The van der Waals surface area contributed by atoms with E-state index in [2.05, 4.69) is 10.1 Å². The molecule has 6 heteroatoms.